The fraction of sp³-hybridized carbons (Fsp3) is 0.471. The topological polar surface area (TPSA) is 107 Å². The van der Waals surface area contributed by atoms with E-state index in [1.807, 2.05) is 24.3 Å². The molecule has 0 aliphatic rings. The maximum absolute atomic E-state index is 11.4. The molecular weight excluding hydrogens is 369 g/mol. The van der Waals surface area contributed by atoms with Crippen LogP contribution in [-0.2, 0) is 25.7 Å². The Bertz CT molecular complexity index is 559. The molecule has 0 spiro atoms. The predicted octanol–water partition coefficient (Wildman–Crippen LogP) is 3.04. The van der Waals surface area contributed by atoms with Crippen LogP contribution in [0.15, 0.2) is 24.3 Å². The van der Waals surface area contributed by atoms with Gasteiger partial charge in [0.05, 0.1) is 13.0 Å². The molecule has 0 bridgehead atoms. The van der Waals surface area contributed by atoms with Crippen molar-refractivity contribution in [2.75, 3.05) is 6.54 Å². The molecule has 140 valence electrons. The number of hydrogen-bond acceptors (Lipinski definition) is 5. The van der Waals surface area contributed by atoms with Crippen LogP contribution in [0.25, 0.3) is 0 Å². The second-order valence-electron chi connectivity index (χ2n) is 5.44. The molecule has 0 amide bonds. The zero-order valence-corrected chi connectivity index (χ0v) is 15.7. The minimum absolute atomic E-state index is 0.0239. The van der Waals surface area contributed by atoms with Crippen LogP contribution in [0.4, 0.5) is 0 Å². The largest absolute Gasteiger partial charge is 0.479 e. The Hall–Kier alpha value is -1.63. The van der Waals surface area contributed by atoms with Gasteiger partial charge in [-0.25, -0.2) is 4.79 Å². The van der Waals surface area contributed by atoms with E-state index >= 15 is 0 Å². The summed E-state index contributed by atoms with van der Waals surface area (Å²) in [5.74, 6) is -1.22. The number of halogens is 2. The van der Waals surface area contributed by atoms with Gasteiger partial charge in [-0.15, -0.1) is 0 Å². The van der Waals surface area contributed by atoms with Crippen molar-refractivity contribution in [3.05, 3.63) is 35.4 Å². The summed E-state index contributed by atoms with van der Waals surface area (Å²) in [4.78, 5) is 30.5. The van der Waals surface area contributed by atoms with E-state index in [1.54, 1.807) is 0 Å². The Morgan fingerprint density at radius 1 is 1.12 bits per heavy atom. The van der Waals surface area contributed by atoms with Crippen LogP contribution < -0.4 is 5.73 Å². The van der Waals surface area contributed by atoms with E-state index in [1.165, 1.54) is 5.56 Å². The lowest BCUT2D eigenvalue weighted by Gasteiger charge is -2.07. The number of ketones is 1. The lowest BCUT2D eigenvalue weighted by molar-refractivity contribution is -0.146. The summed E-state index contributed by atoms with van der Waals surface area (Å²) in [5.41, 5.74) is 7.36. The van der Waals surface area contributed by atoms with Crippen LogP contribution in [0.2, 0.25) is 0 Å². The zero-order valence-electron chi connectivity index (χ0n) is 14.2. The number of rotatable bonds is 8. The monoisotopic (exact) mass is 391 g/mol. The number of ether oxygens (including phenoxy) is 1. The normalized spacial score (nSPS) is 10.2. The van der Waals surface area contributed by atoms with Gasteiger partial charge in [0.2, 0.25) is 4.84 Å². The summed E-state index contributed by atoms with van der Waals surface area (Å²) in [5, 5.41) is 7.73. The number of alkyl halides is 2. The molecule has 0 radical (unpaired) electrons. The smallest absolute Gasteiger partial charge is 0.337 e. The van der Waals surface area contributed by atoms with Gasteiger partial charge in [-0.2, -0.15) is 0 Å². The van der Waals surface area contributed by atoms with E-state index in [0.29, 0.717) is 5.92 Å². The summed E-state index contributed by atoms with van der Waals surface area (Å²) >= 11 is 9.56. The van der Waals surface area contributed by atoms with Crippen LogP contribution in [0, 0.1) is 0 Å². The number of carboxylic acids is 1. The standard InChI is InChI=1S/C15H21NO3.C2H2Cl2O2/c1-11(2)13-5-3-12(4-6-13)10-19-15(18)8-7-14(17)9-16;3-1(4)2(5)6/h3-6,11H,7-10,16H2,1-2H3;1H,(H,5,6). The Morgan fingerprint density at radius 2 is 1.64 bits per heavy atom. The third-order valence-electron chi connectivity index (χ3n) is 3.07. The van der Waals surface area contributed by atoms with Gasteiger partial charge in [0.15, 0.2) is 0 Å². The molecule has 0 saturated carbocycles. The average Bonchev–Trinajstić information content (AvgIpc) is 2.58. The van der Waals surface area contributed by atoms with Gasteiger partial charge >= 0.3 is 11.9 Å². The molecule has 3 N–H and O–H groups in total. The van der Waals surface area contributed by atoms with Crippen LogP contribution in [0.5, 0.6) is 0 Å². The van der Waals surface area contributed by atoms with Crippen LogP contribution >= 0.6 is 23.2 Å². The Labute approximate surface area is 157 Å². The third-order valence-corrected chi connectivity index (χ3v) is 3.44. The third kappa shape index (κ3) is 11.5. The molecule has 0 unspecified atom stereocenters. The fourth-order valence-corrected chi connectivity index (χ4v) is 1.58. The number of hydrogen-bond donors (Lipinski definition) is 2. The van der Waals surface area contributed by atoms with Gasteiger partial charge in [-0.3, -0.25) is 9.59 Å². The number of aliphatic carboxylic acids is 1. The maximum atomic E-state index is 11.4. The molecule has 0 saturated heterocycles. The molecule has 0 aromatic heterocycles. The van der Waals surface area contributed by atoms with Crippen molar-refractivity contribution >= 4 is 40.9 Å². The van der Waals surface area contributed by atoms with Crippen molar-refractivity contribution in [3.63, 3.8) is 0 Å². The molecule has 8 heteroatoms. The van der Waals surface area contributed by atoms with Crippen molar-refractivity contribution in [3.8, 4) is 0 Å². The summed E-state index contributed by atoms with van der Waals surface area (Å²) in [6.07, 6.45) is 0.252. The van der Waals surface area contributed by atoms with E-state index in [9.17, 15) is 14.4 Å². The highest BCUT2D eigenvalue weighted by molar-refractivity contribution is 6.52. The average molecular weight is 392 g/mol. The van der Waals surface area contributed by atoms with E-state index in [2.05, 4.69) is 13.8 Å². The minimum Gasteiger partial charge on any atom is -0.479 e. The van der Waals surface area contributed by atoms with Crippen molar-refractivity contribution < 1.29 is 24.2 Å². The van der Waals surface area contributed by atoms with Crippen molar-refractivity contribution in [1.82, 2.24) is 0 Å². The second kappa shape index (κ2) is 12.7. The lowest BCUT2D eigenvalue weighted by Crippen LogP contribution is -2.15. The number of Topliss-reactive ketones (excluding diaryl/α,β-unsaturated/α-hetero) is 1. The predicted molar refractivity (Wildman–Crippen MR) is 96.8 cm³/mol. The molecule has 1 rings (SSSR count). The Balaban J connectivity index is 0.000000823. The van der Waals surface area contributed by atoms with E-state index < -0.39 is 10.8 Å². The first kappa shape index (κ1) is 23.4. The van der Waals surface area contributed by atoms with Gasteiger partial charge < -0.3 is 15.6 Å². The molecule has 0 aliphatic heterocycles. The molecule has 0 atom stereocenters. The number of carboxylic acid groups (broad SMARTS) is 1. The summed E-state index contributed by atoms with van der Waals surface area (Å²) < 4.78 is 5.09. The first-order valence-corrected chi connectivity index (χ1v) is 8.51. The molecule has 1 aromatic carbocycles. The van der Waals surface area contributed by atoms with Crippen LogP contribution in [0.1, 0.15) is 43.7 Å². The molecule has 0 heterocycles. The van der Waals surface area contributed by atoms with Gasteiger partial charge in [-0.1, -0.05) is 61.3 Å². The maximum Gasteiger partial charge on any atom is 0.337 e. The number of esters is 1. The number of carbonyl (C=O) groups excluding carboxylic acids is 2. The van der Waals surface area contributed by atoms with E-state index in [4.69, 9.17) is 38.8 Å². The highest BCUT2D eigenvalue weighted by atomic mass is 35.5. The number of carbonyl (C=O) groups is 3. The summed E-state index contributed by atoms with van der Waals surface area (Å²) in [6.45, 7) is 4.48. The highest BCUT2D eigenvalue weighted by Gasteiger charge is 2.07. The van der Waals surface area contributed by atoms with Crippen LogP contribution in [-0.4, -0.2) is 34.2 Å². The summed E-state index contributed by atoms with van der Waals surface area (Å²) in [7, 11) is 0. The number of nitrogens with two attached hydrogens (primary N) is 1. The van der Waals surface area contributed by atoms with E-state index in [-0.39, 0.29) is 37.7 Å². The molecule has 6 nitrogen and oxygen atoms in total. The van der Waals surface area contributed by atoms with Gasteiger partial charge in [0.1, 0.15) is 12.4 Å². The highest BCUT2D eigenvalue weighted by Crippen LogP contribution is 2.15. The zero-order chi connectivity index (χ0) is 19.4. The van der Waals surface area contributed by atoms with Gasteiger partial charge in [0.25, 0.3) is 0 Å². The number of benzene rings is 1. The molecule has 0 aliphatic carbocycles. The van der Waals surface area contributed by atoms with Crippen molar-refractivity contribution in [2.45, 2.75) is 44.1 Å². The van der Waals surface area contributed by atoms with Gasteiger partial charge in [0, 0.05) is 6.42 Å². The molecular formula is C17H23Cl2NO5. The Morgan fingerprint density at radius 3 is 2.04 bits per heavy atom. The fourth-order valence-electron chi connectivity index (χ4n) is 1.58. The quantitative estimate of drug-likeness (QED) is 0.520. The molecule has 1 aromatic rings. The van der Waals surface area contributed by atoms with Crippen molar-refractivity contribution in [1.29, 1.82) is 0 Å². The molecule has 0 fully saturated rings. The SMILES string of the molecule is CC(C)c1ccc(COC(=O)CCC(=O)CN)cc1.O=C(O)C(Cl)Cl. The first-order chi connectivity index (χ1) is 11.7. The van der Waals surface area contributed by atoms with Gasteiger partial charge in [-0.05, 0) is 17.0 Å². The van der Waals surface area contributed by atoms with Crippen molar-refractivity contribution in [2.24, 2.45) is 5.73 Å². The van der Waals surface area contributed by atoms with E-state index in [0.717, 1.165) is 5.56 Å². The first-order valence-electron chi connectivity index (χ1n) is 7.64. The molecule has 25 heavy (non-hydrogen) atoms. The Kier molecular flexibility index (Phi) is 11.9. The lowest BCUT2D eigenvalue weighted by atomic mass is 10.0. The van der Waals surface area contributed by atoms with Crippen LogP contribution in [0.3, 0.4) is 0 Å². The minimum atomic E-state index is -1.29. The summed E-state index contributed by atoms with van der Waals surface area (Å²) in [6, 6.07) is 7.97. The second-order valence-corrected chi connectivity index (χ2v) is 6.53.